The fraction of sp³-hybridized carbons (Fsp3) is 0.316. The van der Waals surface area contributed by atoms with Gasteiger partial charge in [-0.15, -0.1) is 0 Å². The first-order valence-corrected chi connectivity index (χ1v) is 8.06. The fourth-order valence-electron chi connectivity index (χ4n) is 2.22. The topological polar surface area (TPSA) is 73.6 Å². The van der Waals surface area contributed by atoms with Crippen LogP contribution in [0.3, 0.4) is 0 Å². The highest BCUT2D eigenvalue weighted by molar-refractivity contribution is 5.92. The molecule has 0 aliphatic heterocycles. The average Bonchev–Trinajstić information content (AvgIpc) is 2.57. The molecule has 0 aliphatic carbocycles. The van der Waals surface area contributed by atoms with Crippen LogP contribution in [0.2, 0.25) is 0 Å². The third-order valence-corrected chi connectivity index (χ3v) is 3.40. The van der Waals surface area contributed by atoms with E-state index in [-0.39, 0.29) is 5.91 Å². The lowest BCUT2D eigenvalue weighted by atomic mass is 10.1. The summed E-state index contributed by atoms with van der Waals surface area (Å²) in [5.41, 5.74) is 9.04. The van der Waals surface area contributed by atoms with Crippen molar-refractivity contribution in [3.63, 3.8) is 0 Å². The standard InChI is InChI=1S/C19H24N2O3/c1-2-23-10-11-24-14-16-4-3-5-18(12-16)21-19(22)13-15-6-8-17(20)9-7-15/h3-9,12H,2,10-11,13-14,20H2,1H3,(H,21,22). The minimum absolute atomic E-state index is 0.0609. The molecule has 0 spiro atoms. The zero-order valence-electron chi connectivity index (χ0n) is 14.0. The van der Waals surface area contributed by atoms with Crippen LogP contribution in [-0.2, 0) is 27.3 Å². The van der Waals surface area contributed by atoms with Crippen LogP contribution in [0.15, 0.2) is 48.5 Å². The highest BCUT2D eigenvalue weighted by Gasteiger charge is 2.05. The Morgan fingerprint density at radius 2 is 1.79 bits per heavy atom. The Labute approximate surface area is 142 Å². The molecule has 128 valence electrons. The van der Waals surface area contributed by atoms with Crippen molar-refractivity contribution in [3.8, 4) is 0 Å². The van der Waals surface area contributed by atoms with Gasteiger partial charge in [0.05, 0.1) is 26.2 Å². The van der Waals surface area contributed by atoms with Crippen LogP contribution >= 0.6 is 0 Å². The first-order chi connectivity index (χ1) is 11.7. The minimum Gasteiger partial charge on any atom is -0.399 e. The van der Waals surface area contributed by atoms with Crippen LogP contribution in [0.1, 0.15) is 18.1 Å². The molecule has 0 heterocycles. The second kappa shape index (κ2) is 9.70. The number of ether oxygens (including phenoxy) is 2. The first-order valence-electron chi connectivity index (χ1n) is 8.06. The molecule has 0 bridgehead atoms. The SMILES string of the molecule is CCOCCOCc1cccc(NC(=O)Cc2ccc(N)cc2)c1. The van der Waals surface area contributed by atoms with E-state index < -0.39 is 0 Å². The zero-order valence-corrected chi connectivity index (χ0v) is 14.0. The number of carbonyl (C=O) groups is 1. The monoisotopic (exact) mass is 328 g/mol. The van der Waals surface area contributed by atoms with E-state index in [0.717, 1.165) is 16.8 Å². The number of nitrogens with two attached hydrogens (primary N) is 1. The van der Waals surface area contributed by atoms with Crippen molar-refractivity contribution in [2.24, 2.45) is 0 Å². The molecule has 0 aliphatic rings. The number of hydrogen-bond acceptors (Lipinski definition) is 4. The van der Waals surface area contributed by atoms with Crippen molar-refractivity contribution in [1.29, 1.82) is 0 Å². The lowest BCUT2D eigenvalue weighted by Gasteiger charge is -2.09. The maximum absolute atomic E-state index is 12.1. The summed E-state index contributed by atoms with van der Waals surface area (Å²) in [6.07, 6.45) is 0.315. The number of carbonyl (C=O) groups excluding carboxylic acids is 1. The summed E-state index contributed by atoms with van der Waals surface area (Å²) >= 11 is 0. The molecule has 2 aromatic carbocycles. The molecular formula is C19H24N2O3. The Kier molecular flexibility index (Phi) is 7.26. The molecule has 3 N–H and O–H groups in total. The molecule has 0 fully saturated rings. The first kappa shape index (κ1) is 18.0. The van der Waals surface area contributed by atoms with E-state index in [1.54, 1.807) is 12.1 Å². The number of rotatable bonds is 9. The van der Waals surface area contributed by atoms with Crippen LogP contribution in [0, 0.1) is 0 Å². The lowest BCUT2D eigenvalue weighted by Crippen LogP contribution is -2.14. The van der Waals surface area contributed by atoms with E-state index in [1.165, 1.54) is 0 Å². The summed E-state index contributed by atoms with van der Waals surface area (Å²) in [6, 6.07) is 15.0. The van der Waals surface area contributed by atoms with Crippen molar-refractivity contribution in [2.45, 2.75) is 20.0 Å². The lowest BCUT2D eigenvalue weighted by molar-refractivity contribution is -0.115. The van der Waals surface area contributed by atoms with Gasteiger partial charge in [-0.3, -0.25) is 4.79 Å². The molecule has 2 aromatic rings. The van der Waals surface area contributed by atoms with Crippen molar-refractivity contribution >= 4 is 17.3 Å². The maximum Gasteiger partial charge on any atom is 0.228 e. The highest BCUT2D eigenvalue weighted by atomic mass is 16.5. The summed E-state index contributed by atoms with van der Waals surface area (Å²) in [5, 5.41) is 2.91. The minimum atomic E-state index is -0.0609. The van der Waals surface area contributed by atoms with Crippen LogP contribution in [-0.4, -0.2) is 25.7 Å². The third kappa shape index (κ3) is 6.40. The van der Waals surface area contributed by atoms with Gasteiger partial charge >= 0.3 is 0 Å². The summed E-state index contributed by atoms with van der Waals surface area (Å²) in [5.74, 6) is -0.0609. The van der Waals surface area contributed by atoms with Crippen LogP contribution in [0.4, 0.5) is 11.4 Å². The molecule has 0 unspecified atom stereocenters. The third-order valence-electron chi connectivity index (χ3n) is 3.40. The number of hydrogen-bond donors (Lipinski definition) is 2. The molecule has 24 heavy (non-hydrogen) atoms. The summed E-state index contributed by atoms with van der Waals surface area (Å²) in [7, 11) is 0. The van der Waals surface area contributed by atoms with Gasteiger partial charge in [-0.2, -0.15) is 0 Å². The van der Waals surface area contributed by atoms with E-state index >= 15 is 0 Å². The van der Waals surface area contributed by atoms with Gasteiger partial charge in [0.1, 0.15) is 0 Å². The summed E-state index contributed by atoms with van der Waals surface area (Å²) in [4.78, 5) is 12.1. The van der Waals surface area contributed by atoms with Gasteiger partial charge in [0.25, 0.3) is 0 Å². The summed E-state index contributed by atoms with van der Waals surface area (Å²) in [6.45, 7) is 4.29. The van der Waals surface area contributed by atoms with Gasteiger partial charge in [0, 0.05) is 18.0 Å². The molecule has 0 atom stereocenters. The molecule has 5 nitrogen and oxygen atoms in total. The van der Waals surface area contributed by atoms with Gasteiger partial charge in [-0.25, -0.2) is 0 Å². The Hall–Kier alpha value is -2.37. The quantitative estimate of drug-likeness (QED) is 0.548. The smallest absolute Gasteiger partial charge is 0.228 e. The van der Waals surface area contributed by atoms with E-state index in [1.807, 2.05) is 43.3 Å². The van der Waals surface area contributed by atoms with Crippen molar-refractivity contribution in [3.05, 3.63) is 59.7 Å². The molecule has 0 saturated heterocycles. The van der Waals surface area contributed by atoms with E-state index in [0.29, 0.717) is 38.5 Å². The van der Waals surface area contributed by atoms with Crippen molar-refractivity contribution < 1.29 is 14.3 Å². The predicted molar refractivity (Wildman–Crippen MR) is 95.8 cm³/mol. The van der Waals surface area contributed by atoms with Gasteiger partial charge in [0.2, 0.25) is 5.91 Å². The second-order valence-electron chi connectivity index (χ2n) is 5.42. The molecular weight excluding hydrogens is 304 g/mol. The van der Waals surface area contributed by atoms with Gasteiger partial charge in [-0.05, 0) is 42.3 Å². The number of nitrogens with one attached hydrogen (secondary N) is 1. The van der Waals surface area contributed by atoms with Gasteiger partial charge < -0.3 is 20.5 Å². The molecule has 0 aromatic heterocycles. The van der Waals surface area contributed by atoms with E-state index in [2.05, 4.69) is 5.32 Å². The Morgan fingerprint density at radius 1 is 1.04 bits per heavy atom. The van der Waals surface area contributed by atoms with Crippen molar-refractivity contribution in [2.75, 3.05) is 30.9 Å². The Balaban J connectivity index is 1.82. The second-order valence-corrected chi connectivity index (χ2v) is 5.42. The van der Waals surface area contributed by atoms with E-state index in [9.17, 15) is 4.79 Å². The van der Waals surface area contributed by atoms with Crippen molar-refractivity contribution in [1.82, 2.24) is 0 Å². The molecule has 0 radical (unpaired) electrons. The Bertz CT molecular complexity index is 641. The van der Waals surface area contributed by atoms with Crippen LogP contribution in [0.5, 0.6) is 0 Å². The largest absolute Gasteiger partial charge is 0.399 e. The maximum atomic E-state index is 12.1. The van der Waals surface area contributed by atoms with E-state index in [4.69, 9.17) is 15.2 Å². The number of amides is 1. The molecule has 0 saturated carbocycles. The zero-order chi connectivity index (χ0) is 17.2. The van der Waals surface area contributed by atoms with Crippen LogP contribution in [0.25, 0.3) is 0 Å². The highest BCUT2D eigenvalue weighted by Crippen LogP contribution is 2.13. The van der Waals surface area contributed by atoms with Gasteiger partial charge in [0.15, 0.2) is 0 Å². The fourth-order valence-corrected chi connectivity index (χ4v) is 2.22. The number of benzene rings is 2. The van der Waals surface area contributed by atoms with Crippen LogP contribution < -0.4 is 11.1 Å². The molecule has 1 amide bonds. The van der Waals surface area contributed by atoms with Gasteiger partial charge in [-0.1, -0.05) is 24.3 Å². The molecule has 5 heteroatoms. The molecule has 2 rings (SSSR count). The number of nitrogen functional groups attached to an aromatic ring is 1. The Morgan fingerprint density at radius 3 is 2.54 bits per heavy atom. The summed E-state index contributed by atoms with van der Waals surface area (Å²) < 4.78 is 10.8. The average molecular weight is 328 g/mol. The predicted octanol–water partition coefficient (Wildman–Crippen LogP) is 3.00. The number of anilines is 2. The normalized spacial score (nSPS) is 10.5.